The largest absolute Gasteiger partial charge is 0.491 e. The van der Waals surface area contributed by atoms with Crippen molar-refractivity contribution in [3.8, 4) is 5.75 Å². The predicted octanol–water partition coefficient (Wildman–Crippen LogP) is 3.22. The average Bonchev–Trinajstić information content (AvgIpc) is 2.18. The van der Waals surface area contributed by atoms with Crippen LogP contribution in [0, 0.1) is 11.7 Å². The number of nitrogen functional groups attached to an aromatic ring is 1. The zero-order chi connectivity index (χ0) is 11.3. The molecule has 0 atom stereocenters. The molecule has 1 aromatic rings. The number of para-hydroxylation sites is 1. The second-order valence-electron chi connectivity index (χ2n) is 4.04. The van der Waals surface area contributed by atoms with Crippen molar-refractivity contribution < 1.29 is 9.13 Å². The first kappa shape index (κ1) is 11.8. The molecule has 3 heteroatoms. The lowest BCUT2D eigenvalue weighted by Crippen LogP contribution is -2.03. The zero-order valence-electron chi connectivity index (χ0n) is 9.29. The highest BCUT2D eigenvalue weighted by Crippen LogP contribution is 2.23. The van der Waals surface area contributed by atoms with Gasteiger partial charge in [0.1, 0.15) is 17.3 Å². The summed E-state index contributed by atoms with van der Waals surface area (Å²) in [4.78, 5) is 0. The Hall–Kier alpha value is -1.25. The summed E-state index contributed by atoms with van der Waals surface area (Å²) >= 11 is 0. The van der Waals surface area contributed by atoms with Gasteiger partial charge in [-0.1, -0.05) is 19.9 Å². The first-order valence-corrected chi connectivity index (χ1v) is 5.28. The molecule has 0 aliphatic carbocycles. The van der Waals surface area contributed by atoms with Crippen LogP contribution in [-0.2, 0) is 0 Å². The molecule has 84 valence electrons. The number of ether oxygens (including phenoxy) is 1. The molecular formula is C12H18FNO. The SMILES string of the molecule is CC(C)CCCOc1cccc(F)c1N. The molecule has 1 aromatic carbocycles. The van der Waals surface area contributed by atoms with Crippen molar-refractivity contribution in [1.29, 1.82) is 0 Å². The fourth-order valence-electron chi connectivity index (χ4n) is 1.32. The Morgan fingerprint density at radius 2 is 2.13 bits per heavy atom. The Morgan fingerprint density at radius 1 is 1.40 bits per heavy atom. The molecule has 0 aliphatic heterocycles. The maximum absolute atomic E-state index is 13.0. The molecule has 0 radical (unpaired) electrons. The number of nitrogens with two attached hydrogens (primary N) is 1. The van der Waals surface area contributed by atoms with Gasteiger partial charge in [0.15, 0.2) is 0 Å². The zero-order valence-corrected chi connectivity index (χ0v) is 9.29. The lowest BCUT2D eigenvalue weighted by molar-refractivity contribution is 0.298. The number of rotatable bonds is 5. The third-order valence-electron chi connectivity index (χ3n) is 2.20. The van der Waals surface area contributed by atoms with Crippen LogP contribution in [0.25, 0.3) is 0 Å². The molecule has 0 saturated carbocycles. The van der Waals surface area contributed by atoms with Crippen LogP contribution in [0.5, 0.6) is 5.75 Å². The van der Waals surface area contributed by atoms with Crippen LogP contribution in [0.15, 0.2) is 18.2 Å². The summed E-state index contributed by atoms with van der Waals surface area (Å²) in [5.74, 6) is 0.688. The Morgan fingerprint density at radius 3 is 2.80 bits per heavy atom. The van der Waals surface area contributed by atoms with E-state index in [9.17, 15) is 4.39 Å². The molecule has 0 amide bonds. The van der Waals surface area contributed by atoms with Crippen LogP contribution < -0.4 is 10.5 Å². The van der Waals surface area contributed by atoms with Gasteiger partial charge in [-0.2, -0.15) is 0 Å². The molecule has 0 spiro atoms. The Bertz CT molecular complexity index is 312. The van der Waals surface area contributed by atoms with E-state index in [2.05, 4.69) is 13.8 Å². The van der Waals surface area contributed by atoms with Crippen molar-refractivity contribution in [2.45, 2.75) is 26.7 Å². The fraction of sp³-hybridized carbons (Fsp3) is 0.500. The van der Waals surface area contributed by atoms with Gasteiger partial charge in [-0.25, -0.2) is 4.39 Å². The quantitative estimate of drug-likeness (QED) is 0.599. The van der Waals surface area contributed by atoms with E-state index >= 15 is 0 Å². The summed E-state index contributed by atoms with van der Waals surface area (Å²) in [5, 5.41) is 0. The molecule has 15 heavy (non-hydrogen) atoms. The number of benzene rings is 1. The van der Waals surface area contributed by atoms with Crippen molar-refractivity contribution in [2.75, 3.05) is 12.3 Å². The molecule has 2 nitrogen and oxygen atoms in total. The van der Waals surface area contributed by atoms with E-state index in [4.69, 9.17) is 10.5 Å². The number of anilines is 1. The lowest BCUT2D eigenvalue weighted by Gasteiger charge is -2.09. The Labute approximate surface area is 90.2 Å². The van der Waals surface area contributed by atoms with Crippen LogP contribution in [0.1, 0.15) is 26.7 Å². The minimum Gasteiger partial charge on any atom is -0.491 e. The van der Waals surface area contributed by atoms with Gasteiger partial charge in [-0.05, 0) is 30.9 Å². The number of hydrogen-bond acceptors (Lipinski definition) is 2. The smallest absolute Gasteiger partial charge is 0.149 e. The van der Waals surface area contributed by atoms with Crippen LogP contribution >= 0.6 is 0 Å². The Balaban J connectivity index is 2.41. The summed E-state index contributed by atoms with van der Waals surface area (Å²) in [5.41, 5.74) is 5.62. The number of hydrogen-bond donors (Lipinski definition) is 1. The summed E-state index contributed by atoms with van der Waals surface area (Å²) in [7, 11) is 0. The summed E-state index contributed by atoms with van der Waals surface area (Å²) in [6, 6.07) is 4.62. The molecule has 2 N–H and O–H groups in total. The van der Waals surface area contributed by atoms with Crippen molar-refractivity contribution in [3.63, 3.8) is 0 Å². The molecule has 0 bridgehead atoms. The molecule has 0 saturated heterocycles. The second kappa shape index (κ2) is 5.59. The summed E-state index contributed by atoms with van der Waals surface area (Å²) in [6.07, 6.45) is 2.07. The minimum absolute atomic E-state index is 0.0991. The van der Waals surface area contributed by atoms with Gasteiger partial charge >= 0.3 is 0 Å². The van der Waals surface area contributed by atoms with Crippen LogP contribution in [0.2, 0.25) is 0 Å². The van der Waals surface area contributed by atoms with Gasteiger partial charge in [-0.3, -0.25) is 0 Å². The minimum atomic E-state index is -0.420. The first-order chi connectivity index (χ1) is 7.11. The summed E-state index contributed by atoms with van der Waals surface area (Å²) < 4.78 is 18.4. The monoisotopic (exact) mass is 211 g/mol. The van der Waals surface area contributed by atoms with Crippen molar-refractivity contribution in [1.82, 2.24) is 0 Å². The molecule has 0 unspecified atom stereocenters. The molecule has 1 rings (SSSR count). The molecule has 0 fully saturated rings. The van der Waals surface area contributed by atoms with Crippen molar-refractivity contribution in [2.24, 2.45) is 5.92 Å². The third kappa shape index (κ3) is 3.78. The van der Waals surface area contributed by atoms with E-state index in [0.717, 1.165) is 12.8 Å². The standard InChI is InChI=1S/C12H18FNO/c1-9(2)5-4-8-15-11-7-3-6-10(13)12(11)14/h3,6-7,9H,4-5,8,14H2,1-2H3. The molecule has 0 heterocycles. The first-order valence-electron chi connectivity index (χ1n) is 5.28. The molecule has 0 aliphatic rings. The van der Waals surface area contributed by atoms with Crippen LogP contribution in [0.4, 0.5) is 10.1 Å². The van der Waals surface area contributed by atoms with Gasteiger partial charge < -0.3 is 10.5 Å². The fourth-order valence-corrected chi connectivity index (χ4v) is 1.32. The van der Waals surface area contributed by atoms with Gasteiger partial charge in [-0.15, -0.1) is 0 Å². The van der Waals surface area contributed by atoms with Gasteiger partial charge in [0.2, 0.25) is 0 Å². The van der Waals surface area contributed by atoms with E-state index < -0.39 is 5.82 Å². The average molecular weight is 211 g/mol. The van der Waals surface area contributed by atoms with E-state index in [-0.39, 0.29) is 5.69 Å². The van der Waals surface area contributed by atoms with Crippen LogP contribution in [-0.4, -0.2) is 6.61 Å². The maximum atomic E-state index is 13.0. The molecular weight excluding hydrogens is 193 g/mol. The van der Waals surface area contributed by atoms with Crippen molar-refractivity contribution in [3.05, 3.63) is 24.0 Å². The number of halogens is 1. The van der Waals surface area contributed by atoms with E-state index in [0.29, 0.717) is 18.3 Å². The Kier molecular flexibility index (Phi) is 4.40. The van der Waals surface area contributed by atoms with Gasteiger partial charge in [0.05, 0.1) is 6.61 Å². The predicted molar refractivity (Wildman–Crippen MR) is 60.4 cm³/mol. The van der Waals surface area contributed by atoms with Gasteiger partial charge in [0, 0.05) is 0 Å². The van der Waals surface area contributed by atoms with E-state index in [1.54, 1.807) is 12.1 Å². The van der Waals surface area contributed by atoms with Crippen molar-refractivity contribution >= 4 is 5.69 Å². The lowest BCUT2D eigenvalue weighted by atomic mass is 10.1. The topological polar surface area (TPSA) is 35.2 Å². The third-order valence-corrected chi connectivity index (χ3v) is 2.20. The van der Waals surface area contributed by atoms with Crippen LogP contribution in [0.3, 0.4) is 0 Å². The highest BCUT2D eigenvalue weighted by Gasteiger charge is 2.04. The normalized spacial score (nSPS) is 10.7. The maximum Gasteiger partial charge on any atom is 0.149 e. The van der Waals surface area contributed by atoms with E-state index in [1.807, 2.05) is 0 Å². The molecule has 0 aromatic heterocycles. The highest BCUT2D eigenvalue weighted by molar-refractivity contribution is 5.53. The highest BCUT2D eigenvalue weighted by atomic mass is 19.1. The summed E-state index contributed by atoms with van der Waals surface area (Å²) in [6.45, 7) is 4.92. The van der Waals surface area contributed by atoms with Gasteiger partial charge in [0.25, 0.3) is 0 Å². The van der Waals surface area contributed by atoms with E-state index in [1.165, 1.54) is 6.07 Å². The second-order valence-corrected chi connectivity index (χ2v) is 4.04.